The van der Waals surface area contributed by atoms with Gasteiger partial charge in [0.25, 0.3) is 0 Å². The number of urea groups is 1. The van der Waals surface area contributed by atoms with E-state index in [-0.39, 0.29) is 23.4 Å². The standard InChI is InChI=1S/C19H18F3N5O2/c20-19(21,22)29-15-5-3-4-14(12-15)23-18(28)26-10-7-13(8-11-26)17-25-24-16-6-1-2-9-27(16)17/h1-6,9,12-13H,7-8,10-11H2,(H,23,28). The number of carbonyl (C=O) groups excluding carboxylic acids is 1. The Kier molecular flexibility index (Phi) is 4.99. The van der Waals surface area contributed by atoms with Crippen molar-refractivity contribution in [3.05, 3.63) is 54.5 Å². The van der Waals surface area contributed by atoms with Crippen molar-refractivity contribution < 1.29 is 22.7 Å². The van der Waals surface area contributed by atoms with E-state index in [1.807, 2.05) is 28.8 Å². The molecular formula is C19H18F3N5O2. The van der Waals surface area contributed by atoms with Gasteiger partial charge >= 0.3 is 12.4 Å². The first-order valence-corrected chi connectivity index (χ1v) is 9.10. The zero-order chi connectivity index (χ0) is 20.4. The second-order valence-electron chi connectivity index (χ2n) is 6.75. The van der Waals surface area contributed by atoms with Crippen molar-refractivity contribution in [3.63, 3.8) is 0 Å². The molecule has 0 unspecified atom stereocenters. The summed E-state index contributed by atoms with van der Waals surface area (Å²) >= 11 is 0. The fraction of sp³-hybridized carbons (Fsp3) is 0.316. The third-order valence-corrected chi connectivity index (χ3v) is 4.81. The minimum atomic E-state index is -4.78. The maximum atomic E-state index is 12.5. The van der Waals surface area contributed by atoms with Gasteiger partial charge in [-0.15, -0.1) is 23.4 Å². The van der Waals surface area contributed by atoms with Gasteiger partial charge in [0.1, 0.15) is 11.6 Å². The highest BCUT2D eigenvalue weighted by Gasteiger charge is 2.31. The van der Waals surface area contributed by atoms with Crippen LogP contribution < -0.4 is 10.1 Å². The number of anilines is 1. The average Bonchev–Trinajstić information content (AvgIpc) is 3.11. The minimum Gasteiger partial charge on any atom is -0.406 e. The van der Waals surface area contributed by atoms with Crippen molar-refractivity contribution in [2.45, 2.75) is 25.1 Å². The van der Waals surface area contributed by atoms with Gasteiger partial charge < -0.3 is 15.0 Å². The maximum absolute atomic E-state index is 12.5. The Bertz CT molecular complexity index is 1010. The molecule has 0 bridgehead atoms. The van der Waals surface area contributed by atoms with Gasteiger partial charge in [0.2, 0.25) is 0 Å². The Balaban J connectivity index is 1.36. The lowest BCUT2D eigenvalue weighted by atomic mass is 9.96. The summed E-state index contributed by atoms with van der Waals surface area (Å²) in [4.78, 5) is 14.1. The molecule has 152 valence electrons. The Labute approximate surface area is 164 Å². The van der Waals surface area contributed by atoms with E-state index < -0.39 is 6.36 Å². The Morgan fingerprint density at radius 2 is 1.90 bits per heavy atom. The molecule has 0 radical (unpaired) electrons. The number of aromatic nitrogens is 3. The summed E-state index contributed by atoms with van der Waals surface area (Å²) in [5, 5.41) is 11.1. The Morgan fingerprint density at radius 3 is 2.66 bits per heavy atom. The number of piperidine rings is 1. The predicted octanol–water partition coefficient (Wildman–Crippen LogP) is 4.04. The van der Waals surface area contributed by atoms with E-state index in [1.165, 1.54) is 18.2 Å². The SMILES string of the molecule is O=C(Nc1cccc(OC(F)(F)F)c1)N1CCC(c2nnc3ccccn23)CC1. The number of nitrogens with one attached hydrogen (secondary N) is 1. The second-order valence-corrected chi connectivity index (χ2v) is 6.75. The van der Waals surface area contributed by atoms with Crippen molar-refractivity contribution in [1.82, 2.24) is 19.5 Å². The number of hydrogen-bond donors (Lipinski definition) is 1. The number of rotatable bonds is 3. The number of halogens is 3. The largest absolute Gasteiger partial charge is 0.573 e. The molecule has 1 aliphatic rings. The highest BCUT2D eigenvalue weighted by atomic mass is 19.4. The van der Waals surface area contributed by atoms with Crippen LogP contribution in [0.5, 0.6) is 5.75 Å². The molecule has 0 aliphatic carbocycles. The molecular weight excluding hydrogens is 387 g/mol. The van der Waals surface area contributed by atoms with Crippen molar-refractivity contribution >= 4 is 17.4 Å². The molecule has 1 aliphatic heterocycles. The van der Waals surface area contributed by atoms with Crippen molar-refractivity contribution in [3.8, 4) is 5.75 Å². The van der Waals surface area contributed by atoms with Gasteiger partial charge in [0.05, 0.1) is 0 Å². The van der Waals surface area contributed by atoms with Crippen LogP contribution in [0.1, 0.15) is 24.6 Å². The summed E-state index contributed by atoms with van der Waals surface area (Å²) in [7, 11) is 0. The number of fused-ring (bicyclic) bond motifs is 1. The van der Waals surface area contributed by atoms with Gasteiger partial charge in [-0.2, -0.15) is 0 Å². The summed E-state index contributed by atoms with van der Waals surface area (Å²) in [5.41, 5.74) is 1.02. The van der Waals surface area contributed by atoms with E-state index in [2.05, 4.69) is 20.3 Å². The molecule has 29 heavy (non-hydrogen) atoms. The predicted molar refractivity (Wildman–Crippen MR) is 98.7 cm³/mol. The summed E-state index contributed by atoms with van der Waals surface area (Å²) in [6.45, 7) is 1.02. The number of hydrogen-bond acceptors (Lipinski definition) is 4. The van der Waals surface area contributed by atoms with Crippen LogP contribution in [0.2, 0.25) is 0 Å². The fourth-order valence-corrected chi connectivity index (χ4v) is 3.45. The molecule has 2 amide bonds. The number of nitrogens with zero attached hydrogens (tertiary/aromatic N) is 4. The molecule has 1 N–H and O–H groups in total. The summed E-state index contributed by atoms with van der Waals surface area (Å²) in [6, 6.07) is 10.6. The Morgan fingerprint density at radius 1 is 1.10 bits per heavy atom. The average molecular weight is 405 g/mol. The van der Waals surface area contributed by atoms with Gasteiger partial charge in [-0.3, -0.25) is 4.40 Å². The van der Waals surface area contributed by atoms with Crippen molar-refractivity contribution in [2.24, 2.45) is 0 Å². The van der Waals surface area contributed by atoms with E-state index in [4.69, 9.17) is 0 Å². The first-order valence-electron chi connectivity index (χ1n) is 9.10. The monoisotopic (exact) mass is 405 g/mol. The van der Waals surface area contributed by atoms with E-state index in [9.17, 15) is 18.0 Å². The lowest BCUT2D eigenvalue weighted by Gasteiger charge is -2.31. The molecule has 1 fully saturated rings. The molecule has 4 rings (SSSR count). The first kappa shape index (κ1) is 19.0. The molecule has 10 heteroatoms. The summed E-state index contributed by atoms with van der Waals surface area (Å²) < 4.78 is 42.9. The number of carbonyl (C=O) groups is 1. The van der Waals surface area contributed by atoms with Gasteiger partial charge in [0.15, 0.2) is 5.65 Å². The van der Waals surface area contributed by atoms with Crippen molar-refractivity contribution in [2.75, 3.05) is 18.4 Å². The van der Waals surface area contributed by atoms with Crippen molar-refractivity contribution in [1.29, 1.82) is 0 Å². The normalized spacial score (nSPS) is 15.5. The van der Waals surface area contributed by atoms with Gasteiger partial charge in [0, 0.05) is 37.0 Å². The summed E-state index contributed by atoms with van der Waals surface area (Å²) in [5.74, 6) is 0.672. The molecule has 3 heterocycles. The third-order valence-electron chi connectivity index (χ3n) is 4.81. The van der Waals surface area contributed by atoms with Crippen LogP contribution in [0.3, 0.4) is 0 Å². The lowest BCUT2D eigenvalue weighted by Crippen LogP contribution is -2.40. The van der Waals surface area contributed by atoms with Gasteiger partial charge in [-0.05, 0) is 37.1 Å². The fourth-order valence-electron chi connectivity index (χ4n) is 3.45. The number of ether oxygens (including phenoxy) is 1. The number of likely N-dealkylation sites (tertiary alicyclic amines) is 1. The number of alkyl halides is 3. The van der Waals surface area contributed by atoms with E-state index in [0.29, 0.717) is 13.1 Å². The molecule has 2 aromatic heterocycles. The van der Waals surface area contributed by atoms with Gasteiger partial charge in [-0.1, -0.05) is 12.1 Å². The highest BCUT2D eigenvalue weighted by molar-refractivity contribution is 5.89. The van der Waals surface area contributed by atoms with Crippen LogP contribution in [0.15, 0.2) is 48.7 Å². The second kappa shape index (κ2) is 7.61. The zero-order valence-electron chi connectivity index (χ0n) is 15.3. The smallest absolute Gasteiger partial charge is 0.406 e. The van der Waals surface area contributed by atoms with Crippen LogP contribution in [-0.2, 0) is 0 Å². The quantitative estimate of drug-likeness (QED) is 0.714. The van der Waals surface area contributed by atoms with E-state index in [0.717, 1.165) is 30.4 Å². The number of pyridine rings is 1. The Hall–Kier alpha value is -3.30. The van der Waals surface area contributed by atoms with Crippen LogP contribution in [-0.4, -0.2) is 45.0 Å². The topological polar surface area (TPSA) is 71.8 Å². The molecule has 1 aromatic carbocycles. The third kappa shape index (κ3) is 4.41. The number of amides is 2. The van der Waals surface area contributed by atoms with E-state index in [1.54, 1.807) is 4.90 Å². The number of benzene rings is 1. The van der Waals surface area contributed by atoms with Crippen LogP contribution in [0, 0.1) is 0 Å². The van der Waals surface area contributed by atoms with Crippen LogP contribution in [0.4, 0.5) is 23.7 Å². The molecule has 0 spiro atoms. The zero-order valence-corrected chi connectivity index (χ0v) is 15.3. The molecule has 0 atom stereocenters. The maximum Gasteiger partial charge on any atom is 0.573 e. The molecule has 1 saturated heterocycles. The first-order chi connectivity index (χ1) is 13.9. The molecule has 3 aromatic rings. The summed E-state index contributed by atoms with van der Waals surface area (Å²) in [6.07, 6.45) is -1.42. The van der Waals surface area contributed by atoms with Gasteiger partial charge in [-0.25, -0.2) is 4.79 Å². The molecule has 7 nitrogen and oxygen atoms in total. The van der Waals surface area contributed by atoms with Crippen LogP contribution in [0.25, 0.3) is 5.65 Å². The lowest BCUT2D eigenvalue weighted by molar-refractivity contribution is -0.274. The van der Waals surface area contributed by atoms with Crippen LogP contribution >= 0.6 is 0 Å². The highest BCUT2D eigenvalue weighted by Crippen LogP contribution is 2.28. The van der Waals surface area contributed by atoms with E-state index >= 15 is 0 Å². The molecule has 0 saturated carbocycles. The minimum absolute atomic E-state index is 0.181.